The van der Waals surface area contributed by atoms with E-state index in [4.69, 9.17) is 4.74 Å². The predicted molar refractivity (Wildman–Crippen MR) is 92.1 cm³/mol. The average molecular weight is 340 g/mol. The predicted octanol–water partition coefficient (Wildman–Crippen LogP) is 2.31. The molecule has 7 heteroatoms. The van der Waals surface area contributed by atoms with Crippen LogP contribution in [0.3, 0.4) is 0 Å². The highest BCUT2D eigenvalue weighted by Gasteiger charge is 2.24. The van der Waals surface area contributed by atoms with Crippen LogP contribution in [-0.2, 0) is 11.3 Å². The lowest BCUT2D eigenvalue weighted by atomic mass is 10.1. The smallest absolute Gasteiger partial charge is 0.228 e. The number of aliphatic hydroxyl groups excluding tert-OH is 1. The SMILES string of the molecule is CC[C@H](O)CSc1nnc(N2CCCCC2)n1CC1CCCO1. The van der Waals surface area contributed by atoms with Crippen LogP contribution >= 0.6 is 11.8 Å². The molecule has 0 radical (unpaired) electrons. The number of aromatic nitrogens is 3. The number of ether oxygens (including phenoxy) is 1. The van der Waals surface area contributed by atoms with Crippen molar-refractivity contribution in [3.63, 3.8) is 0 Å². The van der Waals surface area contributed by atoms with Gasteiger partial charge in [-0.15, -0.1) is 10.2 Å². The summed E-state index contributed by atoms with van der Waals surface area (Å²) in [4.78, 5) is 2.35. The zero-order chi connectivity index (χ0) is 16.1. The highest BCUT2D eigenvalue weighted by molar-refractivity contribution is 7.99. The van der Waals surface area contributed by atoms with Gasteiger partial charge in [0.25, 0.3) is 0 Å². The molecule has 2 aliphatic rings. The first-order chi connectivity index (χ1) is 11.3. The van der Waals surface area contributed by atoms with Gasteiger partial charge in [-0.05, 0) is 38.5 Å². The molecular weight excluding hydrogens is 312 g/mol. The van der Waals surface area contributed by atoms with E-state index in [0.29, 0.717) is 5.75 Å². The lowest BCUT2D eigenvalue weighted by molar-refractivity contribution is 0.0951. The minimum absolute atomic E-state index is 0.269. The lowest BCUT2D eigenvalue weighted by Gasteiger charge is -2.28. The zero-order valence-electron chi connectivity index (χ0n) is 14.0. The molecule has 1 aromatic heterocycles. The lowest BCUT2D eigenvalue weighted by Crippen LogP contribution is -2.33. The molecule has 2 fully saturated rings. The Hall–Kier alpha value is -0.790. The second-order valence-corrected chi connectivity index (χ2v) is 7.44. The molecule has 23 heavy (non-hydrogen) atoms. The van der Waals surface area contributed by atoms with Crippen LogP contribution in [0.4, 0.5) is 5.95 Å². The molecule has 0 aromatic carbocycles. The number of aliphatic hydroxyl groups is 1. The van der Waals surface area contributed by atoms with Crippen molar-refractivity contribution in [2.75, 3.05) is 30.3 Å². The van der Waals surface area contributed by atoms with E-state index >= 15 is 0 Å². The quantitative estimate of drug-likeness (QED) is 0.769. The van der Waals surface area contributed by atoms with Gasteiger partial charge in [0.15, 0.2) is 5.16 Å². The van der Waals surface area contributed by atoms with Gasteiger partial charge in [-0.3, -0.25) is 4.57 Å². The molecule has 1 N–H and O–H groups in total. The summed E-state index contributed by atoms with van der Waals surface area (Å²) in [5.74, 6) is 1.65. The minimum Gasteiger partial charge on any atom is -0.392 e. The average Bonchev–Trinajstić information content (AvgIpc) is 3.24. The van der Waals surface area contributed by atoms with Gasteiger partial charge >= 0.3 is 0 Å². The van der Waals surface area contributed by atoms with Crippen LogP contribution in [0.1, 0.15) is 45.4 Å². The fourth-order valence-corrected chi connectivity index (χ4v) is 4.14. The third kappa shape index (κ3) is 4.39. The summed E-state index contributed by atoms with van der Waals surface area (Å²) in [6.45, 7) is 5.81. The molecule has 0 spiro atoms. The molecule has 3 rings (SSSR count). The number of nitrogens with zero attached hydrogens (tertiary/aromatic N) is 4. The Morgan fingerprint density at radius 1 is 1.26 bits per heavy atom. The molecule has 0 aliphatic carbocycles. The van der Waals surface area contributed by atoms with Crippen molar-refractivity contribution in [3.05, 3.63) is 0 Å². The van der Waals surface area contributed by atoms with Gasteiger partial charge in [-0.2, -0.15) is 0 Å². The second kappa shape index (κ2) is 8.35. The third-order valence-corrected chi connectivity index (χ3v) is 5.73. The number of hydrogen-bond acceptors (Lipinski definition) is 6. The van der Waals surface area contributed by atoms with Crippen LogP contribution in [0.2, 0.25) is 0 Å². The first-order valence-electron chi connectivity index (χ1n) is 8.88. The number of anilines is 1. The number of thioether (sulfide) groups is 1. The van der Waals surface area contributed by atoms with E-state index in [0.717, 1.165) is 56.6 Å². The molecule has 0 saturated carbocycles. The molecule has 130 valence electrons. The van der Waals surface area contributed by atoms with E-state index in [9.17, 15) is 5.11 Å². The summed E-state index contributed by atoms with van der Waals surface area (Å²) in [5, 5.41) is 19.6. The molecule has 6 nitrogen and oxygen atoms in total. The zero-order valence-corrected chi connectivity index (χ0v) is 14.8. The van der Waals surface area contributed by atoms with Gasteiger partial charge in [0.05, 0.1) is 18.8 Å². The maximum atomic E-state index is 9.84. The Morgan fingerprint density at radius 2 is 2.09 bits per heavy atom. The van der Waals surface area contributed by atoms with Crippen LogP contribution in [-0.4, -0.2) is 57.5 Å². The van der Waals surface area contributed by atoms with Crippen LogP contribution in [0, 0.1) is 0 Å². The highest BCUT2D eigenvalue weighted by atomic mass is 32.2. The maximum absolute atomic E-state index is 9.84. The van der Waals surface area contributed by atoms with Crippen molar-refractivity contribution in [2.24, 2.45) is 0 Å². The molecule has 1 unspecified atom stereocenters. The van der Waals surface area contributed by atoms with Crippen molar-refractivity contribution in [2.45, 2.75) is 69.4 Å². The van der Waals surface area contributed by atoms with Gasteiger partial charge in [0, 0.05) is 25.4 Å². The van der Waals surface area contributed by atoms with Crippen molar-refractivity contribution in [1.29, 1.82) is 0 Å². The van der Waals surface area contributed by atoms with Crippen LogP contribution in [0.5, 0.6) is 0 Å². The molecule has 0 bridgehead atoms. The van der Waals surface area contributed by atoms with Crippen molar-refractivity contribution in [1.82, 2.24) is 14.8 Å². The van der Waals surface area contributed by atoms with E-state index in [1.807, 2.05) is 6.92 Å². The number of piperidine rings is 1. The van der Waals surface area contributed by atoms with Crippen molar-refractivity contribution < 1.29 is 9.84 Å². The molecule has 3 heterocycles. The van der Waals surface area contributed by atoms with Crippen molar-refractivity contribution >= 4 is 17.7 Å². The van der Waals surface area contributed by atoms with E-state index in [1.165, 1.54) is 19.3 Å². The van der Waals surface area contributed by atoms with Gasteiger partial charge in [0.2, 0.25) is 5.95 Å². The highest BCUT2D eigenvalue weighted by Crippen LogP contribution is 2.27. The van der Waals surface area contributed by atoms with Gasteiger partial charge in [0.1, 0.15) is 0 Å². The van der Waals surface area contributed by atoms with E-state index in [1.54, 1.807) is 11.8 Å². The fourth-order valence-electron chi connectivity index (χ4n) is 3.16. The first kappa shape index (κ1) is 17.0. The Morgan fingerprint density at radius 3 is 2.78 bits per heavy atom. The Balaban J connectivity index is 1.75. The second-order valence-electron chi connectivity index (χ2n) is 6.45. The summed E-state index contributed by atoms with van der Waals surface area (Å²) >= 11 is 1.61. The van der Waals surface area contributed by atoms with Gasteiger partial charge in [-0.1, -0.05) is 18.7 Å². The number of hydrogen-bond donors (Lipinski definition) is 1. The molecule has 2 atom stereocenters. The largest absolute Gasteiger partial charge is 0.392 e. The summed E-state index contributed by atoms with van der Waals surface area (Å²) in [6.07, 6.45) is 6.76. The fraction of sp³-hybridized carbons (Fsp3) is 0.875. The summed E-state index contributed by atoms with van der Waals surface area (Å²) in [5.41, 5.74) is 0. The van der Waals surface area contributed by atoms with Gasteiger partial charge in [-0.25, -0.2) is 0 Å². The van der Waals surface area contributed by atoms with Crippen molar-refractivity contribution in [3.8, 4) is 0 Å². The maximum Gasteiger partial charge on any atom is 0.228 e. The van der Waals surface area contributed by atoms with Crippen LogP contribution in [0.25, 0.3) is 0 Å². The topological polar surface area (TPSA) is 63.4 Å². The molecule has 2 saturated heterocycles. The summed E-state index contributed by atoms with van der Waals surface area (Å²) < 4.78 is 8.03. The summed E-state index contributed by atoms with van der Waals surface area (Å²) in [6, 6.07) is 0. The molecule has 0 amide bonds. The summed E-state index contributed by atoms with van der Waals surface area (Å²) in [7, 11) is 0. The standard InChI is InChI=1S/C16H28N4O2S/c1-2-13(21)12-23-16-18-17-15(19-8-4-3-5-9-19)20(16)11-14-7-6-10-22-14/h13-14,21H,2-12H2,1H3/t13-,14?/m0/s1. The third-order valence-electron chi connectivity index (χ3n) is 4.62. The Labute approximate surface area is 142 Å². The minimum atomic E-state index is -0.286. The van der Waals surface area contributed by atoms with Gasteiger partial charge < -0.3 is 14.7 Å². The number of rotatable bonds is 7. The molecular formula is C16H28N4O2S. The molecule has 1 aromatic rings. The monoisotopic (exact) mass is 340 g/mol. The molecule has 2 aliphatic heterocycles. The Kier molecular flexibility index (Phi) is 6.19. The Bertz CT molecular complexity index is 484. The van der Waals surface area contributed by atoms with Crippen LogP contribution in [0.15, 0.2) is 5.16 Å². The van der Waals surface area contributed by atoms with E-state index < -0.39 is 0 Å². The first-order valence-corrected chi connectivity index (χ1v) is 9.87. The van der Waals surface area contributed by atoms with E-state index in [2.05, 4.69) is 19.7 Å². The normalized spacial score (nSPS) is 23.4. The van der Waals surface area contributed by atoms with Crippen LogP contribution < -0.4 is 4.90 Å². The van der Waals surface area contributed by atoms with E-state index in [-0.39, 0.29) is 12.2 Å².